The normalized spacial score (nSPS) is 24.1. The van der Waals surface area contributed by atoms with Crippen molar-refractivity contribution in [3.63, 3.8) is 0 Å². The molecule has 0 aliphatic carbocycles. The van der Waals surface area contributed by atoms with Crippen LogP contribution in [0.25, 0.3) is 0 Å². The molecule has 2 amide bonds. The summed E-state index contributed by atoms with van der Waals surface area (Å²) in [6.45, 7) is 9.82. The van der Waals surface area contributed by atoms with Crippen LogP contribution in [0.15, 0.2) is 4.99 Å². The molecule has 2 aliphatic heterocycles. The predicted octanol–water partition coefficient (Wildman–Crippen LogP) is 0.140. The van der Waals surface area contributed by atoms with E-state index in [-0.39, 0.29) is 23.8 Å². The zero-order valence-electron chi connectivity index (χ0n) is 16.9. The fraction of sp³-hybridized carbons (Fsp3) is 0.842. The zero-order chi connectivity index (χ0) is 19.6. The summed E-state index contributed by atoms with van der Waals surface area (Å²) < 4.78 is 0. The Bertz CT molecular complexity index is 524. The van der Waals surface area contributed by atoms with Crippen LogP contribution in [0, 0.1) is 5.92 Å². The molecule has 8 nitrogen and oxygen atoms in total. The zero-order valence-corrected chi connectivity index (χ0v) is 16.9. The van der Waals surface area contributed by atoms with Gasteiger partial charge in [-0.05, 0) is 45.7 Å². The first-order valence-corrected chi connectivity index (χ1v) is 10.4. The standard InChI is InChI=1S/C19H36N6O2/c1-3-17(26)25-12-8-16(14-25)23-19(21-4-2)22-9-6-11-24-10-5-7-15(13-24)18(20)27/h15-16H,3-14H2,1-2H3,(H2,20,27)(H2,21,22,23). The molecule has 2 rings (SSSR count). The minimum absolute atomic E-state index is 0.00243. The Morgan fingerprint density at radius 1 is 1.19 bits per heavy atom. The number of piperidine rings is 1. The highest BCUT2D eigenvalue weighted by Gasteiger charge is 2.26. The van der Waals surface area contributed by atoms with E-state index in [1.165, 1.54) is 0 Å². The van der Waals surface area contributed by atoms with Gasteiger partial charge in [0.25, 0.3) is 0 Å². The Kier molecular flexibility index (Phi) is 8.84. The average Bonchev–Trinajstić information content (AvgIpc) is 3.13. The van der Waals surface area contributed by atoms with Crippen LogP contribution in [0.2, 0.25) is 0 Å². The van der Waals surface area contributed by atoms with Crippen molar-refractivity contribution in [1.29, 1.82) is 0 Å². The Morgan fingerprint density at radius 2 is 2.00 bits per heavy atom. The molecule has 4 N–H and O–H groups in total. The Hall–Kier alpha value is -1.83. The van der Waals surface area contributed by atoms with Gasteiger partial charge in [-0.15, -0.1) is 0 Å². The molecule has 2 atom stereocenters. The summed E-state index contributed by atoms with van der Waals surface area (Å²) in [5.41, 5.74) is 5.44. The van der Waals surface area contributed by atoms with E-state index >= 15 is 0 Å². The molecule has 2 heterocycles. The lowest BCUT2D eigenvalue weighted by Gasteiger charge is -2.30. The third kappa shape index (κ3) is 7.01. The van der Waals surface area contributed by atoms with Gasteiger partial charge in [0.2, 0.25) is 11.8 Å². The van der Waals surface area contributed by atoms with Crippen molar-refractivity contribution in [2.24, 2.45) is 16.6 Å². The third-order valence-electron chi connectivity index (χ3n) is 5.34. The summed E-state index contributed by atoms with van der Waals surface area (Å²) in [7, 11) is 0. The maximum Gasteiger partial charge on any atom is 0.222 e. The van der Waals surface area contributed by atoms with Crippen molar-refractivity contribution in [1.82, 2.24) is 20.4 Å². The Labute approximate surface area is 162 Å². The number of likely N-dealkylation sites (tertiary alicyclic amines) is 2. The molecule has 27 heavy (non-hydrogen) atoms. The van der Waals surface area contributed by atoms with E-state index in [1.807, 2.05) is 11.8 Å². The summed E-state index contributed by atoms with van der Waals surface area (Å²) in [6.07, 6.45) is 4.42. The molecule has 0 radical (unpaired) electrons. The minimum atomic E-state index is -0.177. The average molecular weight is 381 g/mol. The van der Waals surface area contributed by atoms with Crippen LogP contribution in [0.1, 0.15) is 46.0 Å². The van der Waals surface area contributed by atoms with Crippen LogP contribution in [0.4, 0.5) is 0 Å². The number of hydrogen-bond donors (Lipinski definition) is 3. The van der Waals surface area contributed by atoms with Crippen LogP contribution in [0.3, 0.4) is 0 Å². The van der Waals surface area contributed by atoms with Gasteiger partial charge >= 0.3 is 0 Å². The second-order valence-corrected chi connectivity index (χ2v) is 7.48. The Morgan fingerprint density at radius 3 is 2.70 bits per heavy atom. The topological polar surface area (TPSA) is 103 Å². The molecule has 0 spiro atoms. The van der Waals surface area contributed by atoms with Crippen molar-refractivity contribution >= 4 is 17.8 Å². The molecule has 0 bridgehead atoms. The van der Waals surface area contributed by atoms with Crippen LogP contribution in [0.5, 0.6) is 0 Å². The van der Waals surface area contributed by atoms with Crippen LogP contribution >= 0.6 is 0 Å². The van der Waals surface area contributed by atoms with Gasteiger partial charge in [-0.1, -0.05) is 6.92 Å². The molecule has 0 aromatic carbocycles. The number of carbonyl (C=O) groups excluding carboxylic acids is 2. The lowest BCUT2D eigenvalue weighted by Crippen LogP contribution is -2.45. The minimum Gasteiger partial charge on any atom is -0.369 e. The number of nitrogens with one attached hydrogen (secondary N) is 2. The highest BCUT2D eigenvalue weighted by atomic mass is 16.2. The van der Waals surface area contributed by atoms with E-state index in [0.717, 1.165) is 77.5 Å². The summed E-state index contributed by atoms with van der Waals surface area (Å²) in [4.78, 5) is 32.1. The van der Waals surface area contributed by atoms with Crippen molar-refractivity contribution in [3.8, 4) is 0 Å². The molecule has 8 heteroatoms. The lowest BCUT2D eigenvalue weighted by atomic mass is 9.97. The van der Waals surface area contributed by atoms with Gasteiger partial charge in [0.1, 0.15) is 0 Å². The van der Waals surface area contributed by atoms with E-state index in [9.17, 15) is 9.59 Å². The van der Waals surface area contributed by atoms with Gasteiger partial charge in [0.05, 0.1) is 5.92 Å². The van der Waals surface area contributed by atoms with Gasteiger partial charge < -0.3 is 26.2 Å². The monoisotopic (exact) mass is 380 g/mol. The second-order valence-electron chi connectivity index (χ2n) is 7.48. The molecule has 2 fully saturated rings. The van der Waals surface area contributed by atoms with E-state index in [1.54, 1.807) is 0 Å². The molecular weight excluding hydrogens is 344 g/mol. The van der Waals surface area contributed by atoms with E-state index in [0.29, 0.717) is 6.42 Å². The van der Waals surface area contributed by atoms with Gasteiger partial charge in [0.15, 0.2) is 5.96 Å². The quantitative estimate of drug-likeness (QED) is 0.316. The number of amides is 2. The van der Waals surface area contributed by atoms with Gasteiger partial charge in [0, 0.05) is 45.2 Å². The summed E-state index contributed by atoms with van der Waals surface area (Å²) in [6, 6.07) is 0.261. The maximum atomic E-state index is 11.8. The number of carbonyl (C=O) groups is 2. The fourth-order valence-electron chi connectivity index (χ4n) is 3.82. The number of guanidine groups is 1. The van der Waals surface area contributed by atoms with Crippen LogP contribution < -0.4 is 16.4 Å². The molecule has 154 valence electrons. The van der Waals surface area contributed by atoms with Crippen molar-refractivity contribution in [2.45, 2.75) is 52.0 Å². The molecular formula is C19H36N6O2. The summed E-state index contributed by atoms with van der Waals surface area (Å²) in [5.74, 6) is 0.861. The van der Waals surface area contributed by atoms with Crippen molar-refractivity contribution in [2.75, 3.05) is 45.8 Å². The summed E-state index contributed by atoms with van der Waals surface area (Å²) >= 11 is 0. The first-order valence-electron chi connectivity index (χ1n) is 10.4. The molecule has 0 saturated carbocycles. The molecule has 2 saturated heterocycles. The highest BCUT2D eigenvalue weighted by molar-refractivity contribution is 5.80. The number of nitrogens with zero attached hydrogens (tertiary/aromatic N) is 3. The number of nitrogens with two attached hydrogens (primary N) is 1. The van der Waals surface area contributed by atoms with Crippen LogP contribution in [-0.4, -0.2) is 79.4 Å². The highest BCUT2D eigenvalue weighted by Crippen LogP contribution is 2.16. The number of primary amides is 1. The number of rotatable bonds is 8. The van der Waals surface area contributed by atoms with E-state index < -0.39 is 0 Å². The van der Waals surface area contributed by atoms with E-state index in [4.69, 9.17) is 5.73 Å². The third-order valence-corrected chi connectivity index (χ3v) is 5.34. The first-order chi connectivity index (χ1) is 13.0. The Balaban J connectivity index is 1.73. The van der Waals surface area contributed by atoms with Gasteiger partial charge in [-0.2, -0.15) is 0 Å². The van der Waals surface area contributed by atoms with Crippen LogP contribution in [-0.2, 0) is 9.59 Å². The largest absolute Gasteiger partial charge is 0.369 e. The van der Waals surface area contributed by atoms with Gasteiger partial charge in [-0.25, -0.2) is 0 Å². The molecule has 2 unspecified atom stereocenters. The SMILES string of the molecule is CCNC(=NCCCN1CCCC(C(N)=O)C1)NC1CCN(C(=O)CC)C1. The van der Waals surface area contributed by atoms with E-state index in [2.05, 4.69) is 27.4 Å². The fourth-order valence-corrected chi connectivity index (χ4v) is 3.82. The van der Waals surface area contributed by atoms with Gasteiger partial charge in [-0.3, -0.25) is 14.6 Å². The number of aliphatic imine (C=N–C) groups is 1. The van der Waals surface area contributed by atoms with Crippen molar-refractivity contribution < 1.29 is 9.59 Å². The molecule has 0 aromatic rings. The molecule has 2 aliphatic rings. The molecule has 0 aromatic heterocycles. The predicted molar refractivity (Wildman–Crippen MR) is 107 cm³/mol. The lowest BCUT2D eigenvalue weighted by molar-refractivity contribution is -0.129. The first kappa shape index (κ1) is 21.5. The summed E-state index contributed by atoms with van der Waals surface area (Å²) in [5, 5.41) is 6.75. The number of hydrogen-bond acceptors (Lipinski definition) is 4. The maximum absolute atomic E-state index is 11.8. The smallest absolute Gasteiger partial charge is 0.222 e. The van der Waals surface area contributed by atoms with Crippen molar-refractivity contribution in [3.05, 3.63) is 0 Å². The second kappa shape index (κ2) is 11.1.